The Balaban J connectivity index is 1.62. The van der Waals surface area contributed by atoms with E-state index in [2.05, 4.69) is 15.9 Å². The van der Waals surface area contributed by atoms with Crippen LogP contribution in [-0.4, -0.2) is 56.9 Å². The highest BCUT2D eigenvalue weighted by Crippen LogP contribution is 2.31. The number of hydrogen-bond donors (Lipinski definition) is 1. The molecule has 1 heterocycles. The Morgan fingerprint density at radius 1 is 1.18 bits per heavy atom. The summed E-state index contributed by atoms with van der Waals surface area (Å²) in [6, 6.07) is 15.5. The fourth-order valence-electron chi connectivity index (χ4n) is 3.62. The van der Waals surface area contributed by atoms with E-state index in [-0.39, 0.29) is 0 Å². The fraction of sp³-hybridized carbons (Fsp3) is 0.409. The summed E-state index contributed by atoms with van der Waals surface area (Å²) in [4.78, 5) is 4.53. The van der Waals surface area contributed by atoms with Crippen molar-refractivity contribution in [3.05, 3.63) is 53.6 Å². The number of aliphatic hydroxyl groups is 1. The largest absolute Gasteiger partial charge is 0.497 e. The zero-order chi connectivity index (χ0) is 20.1. The van der Waals surface area contributed by atoms with E-state index >= 15 is 0 Å². The number of nitriles is 1. The molecule has 0 aromatic heterocycles. The van der Waals surface area contributed by atoms with Gasteiger partial charge in [-0.2, -0.15) is 5.26 Å². The number of ether oxygens (including phenoxy) is 2. The van der Waals surface area contributed by atoms with Crippen LogP contribution in [0.1, 0.15) is 23.7 Å². The first-order valence-corrected chi connectivity index (χ1v) is 9.40. The molecule has 0 bridgehead atoms. The van der Waals surface area contributed by atoms with E-state index in [4.69, 9.17) is 14.7 Å². The number of methoxy groups -OCH3 is 2. The Morgan fingerprint density at radius 2 is 1.82 bits per heavy atom. The van der Waals surface area contributed by atoms with Crippen LogP contribution in [-0.2, 0) is 0 Å². The SMILES string of the molecule is COc1cc(OC)cc(N2CC[C@@H](N(C)C[C@H](O)c3ccc(C#N)cc3)C2)c1. The average molecular weight is 381 g/mol. The molecule has 1 fully saturated rings. The third-order valence-electron chi connectivity index (χ3n) is 5.37. The Kier molecular flexibility index (Phi) is 6.40. The molecule has 0 saturated carbocycles. The van der Waals surface area contributed by atoms with Crippen molar-refractivity contribution < 1.29 is 14.6 Å². The number of hydrogen-bond acceptors (Lipinski definition) is 6. The van der Waals surface area contributed by atoms with Gasteiger partial charge in [0.15, 0.2) is 0 Å². The summed E-state index contributed by atoms with van der Waals surface area (Å²) in [5, 5.41) is 19.5. The van der Waals surface area contributed by atoms with Gasteiger partial charge in [-0.25, -0.2) is 0 Å². The zero-order valence-electron chi connectivity index (χ0n) is 16.6. The Morgan fingerprint density at radius 3 is 2.39 bits per heavy atom. The smallest absolute Gasteiger partial charge is 0.124 e. The third kappa shape index (κ3) is 4.56. The van der Waals surface area contributed by atoms with Gasteiger partial charge in [0, 0.05) is 49.6 Å². The van der Waals surface area contributed by atoms with Gasteiger partial charge in [-0.05, 0) is 31.2 Å². The summed E-state index contributed by atoms with van der Waals surface area (Å²) in [5.41, 5.74) is 2.52. The van der Waals surface area contributed by atoms with Crippen LogP contribution in [0.5, 0.6) is 11.5 Å². The molecule has 2 aromatic carbocycles. The van der Waals surface area contributed by atoms with Crippen molar-refractivity contribution in [2.24, 2.45) is 0 Å². The highest BCUT2D eigenvalue weighted by atomic mass is 16.5. The number of rotatable bonds is 7. The van der Waals surface area contributed by atoms with Crippen LogP contribution in [0, 0.1) is 11.3 Å². The van der Waals surface area contributed by atoms with Gasteiger partial charge in [0.1, 0.15) is 11.5 Å². The summed E-state index contributed by atoms with van der Waals surface area (Å²) in [7, 11) is 5.36. The predicted octanol–water partition coefficient (Wildman–Crippen LogP) is 2.82. The summed E-state index contributed by atoms with van der Waals surface area (Å²) < 4.78 is 10.8. The molecule has 0 amide bonds. The second-order valence-corrected chi connectivity index (χ2v) is 7.15. The molecular weight excluding hydrogens is 354 g/mol. The van der Waals surface area contributed by atoms with Crippen molar-refractivity contribution in [1.29, 1.82) is 5.26 Å². The van der Waals surface area contributed by atoms with Crippen LogP contribution in [0.15, 0.2) is 42.5 Å². The van der Waals surface area contributed by atoms with E-state index in [1.54, 1.807) is 26.4 Å². The van der Waals surface area contributed by atoms with E-state index in [1.807, 2.05) is 37.4 Å². The number of aliphatic hydroxyl groups excluding tert-OH is 1. The van der Waals surface area contributed by atoms with Gasteiger partial charge in [0.2, 0.25) is 0 Å². The molecular formula is C22H27N3O3. The van der Waals surface area contributed by atoms with Crippen molar-refractivity contribution in [1.82, 2.24) is 4.90 Å². The molecule has 148 valence electrons. The lowest BCUT2D eigenvalue weighted by Gasteiger charge is -2.27. The lowest BCUT2D eigenvalue weighted by atomic mass is 10.1. The van der Waals surface area contributed by atoms with Crippen LogP contribution in [0.25, 0.3) is 0 Å². The second-order valence-electron chi connectivity index (χ2n) is 7.15. The number of benzene rings is 2. The van der Waals surface area contributed by atoms with Crippen LogP contribution < -0.4 is 14.4 Å². The maximum absolute atomic E-state index is 10.6. The first kappa shape index (κ1) is 20.0. The average Bonchev–Trinajstić information content (AvgIpc) is 3.23. The number of likely N-dealkylation sites (N-methyl/N-ethyl adjacent to an activating group) is 1. The number of nitrogens with zero attached hydrogens (tertiary/aromatic N) is 3. The molecule has 28 heavy (non-hydrogen) atoms. The van der Waals surface area contributed by atoms with Crippen molar-refractivity contribution in [3.63, 3.8) is 0 Å². The fourth-order valence-corrected chi connectivity index (χ4v) is 3.62. The van der Waals surface area contributed by atoms with E-state index in [0.29, 0.717) is 18.2 Å². The zero-order valence-corrected chi connectivity index (χ0v) is 16.6. The molecule has 1 aliphatic heterocycles. The Bertz CT molecular complexity index is 810. The Labute approximate surface area is 166 Å². The summed E-state index contributed by atoms with van der Waals surface area (Å²) in [6.45, 7) is 2.37. The third-order valence-corrected chi connectivity index (χ3v) is 5.37. The minimum absolute atomic E-state index is 0.352. The topological polar surface area (TPSA) is 69.0 Å². The lowest BCUT2D eigenvalue weighted by Crippen LogP contribution is -2.37. The molecule has 1 N–H and O–H groups in total. The van der Waals surface area contributed by atoms with Crippen molar-refractivity contribution in [2.75, 3.05) is 45.8 Å². The molecule has 0 spiro atoms. The molecule has 6 heteroatoms. The molecule has 3 rings (SSSR count). The molecule has 0 radical (unpaired) electrons. The van der Waals surface area contributed by atoms with E-state index < -0.39 is 6.10 Å². The highest BCUT2D eigenvalue weighted by Gasteiger charge is 2.27. The second kappa shape index (κ2) is 8.96. The van der Waals surface area contributed by atoms with E-state index in [1.165, 1.54) is 0 Å². The standard InChI is InChI=1S/C22H27N3O3/c1-24(15-22(26)17-6-4-16(13-23)5-7-17)18-8-9-25(14-18)19-10-20(27-2)12-21(11-19)28-3/h4-7,10-12,18,22,26H,8-9,14-15H2,1-3H3/t18-,22+/m1/s1. The van der Waals surface area contributed by atoms with Crippen LogP contribution in [0.2, 0.25) is 0 Å². The Hall–Kier alpha value is -2.75. The summed E-state index contributed by atoms with van der Waals surface area (Å²) in [6.07, 6.45) is 0.444. The van der Waals surface area contributed by atoms with Crippen molar-refractivity contribution >= 4 is 5.69 Å². The molecule has 2 aromatic rings. The van der Waals surface area contributed by atoms with Crippen LogP contribution >= 0.6 is 0 Å². The quantitative estimate of drug-likeness (QED) is 0.795. The van der Waals surface area contributed by atoms with E-state index in [0.717, 1.165) is 42.3 Å². The van der Waals surface area contributed by atoms with Gasteiger partial charge < -0.3 is 19.5 Å². The molecule has 6 nitrogen and oxygen atoms in total. The van der Waals surface area contributed by atoms with Gasteiger partial charge in [0.05, 0.1) is 32.0 Å². The van der Waals surface area contributed by atoms with Gasteiger partial charge in [-0.15, -0.1) is 0 Å². The summed E-state index contributed by atoms with van der Waals surface area (Å²) in [5.74, 6) is 1.56. The molecule has 0 aliphatic carbocycles. The van der Waals surface area contributed by atoms with Gasteiger partial charge in [-0.3, -0.25) is 4.90 Å². The lowest BCUT2D eigenvalue weighted by molar-refractivity contribution is 0.109. The maximum atomic E-state index is 10.6. The van der Waals surface area contributed by atoms with Gasteiger partial charge >= 0.3 is 0 Å². The molecule has 2 atom stereocenters. The van der Waals surface area contributed by atoms with Crippen LogP contribution in [0.4, 0.5) is 5.69 Å². The predicted molar refractivity (Wildman–Crippen MR) is 109 cm³/mol. The first-order chi connectivity index (χ1) is 13.5. The number of anilines is 1. The van der Waals surface area contributed by atoms with Crippen LogP contribution in [0.3, 0.4) is 0 Å². The normalized spacial score (nSPS) is 17.4. The first-order valence-electron chi connectivity index (χ1n) is 9.40. The van der Waals surface area contributed by atoms with Gasteiger partial charge in [0.25, 0.3) is 0 Å². The molecule has 1 aliphatic rings. The molecule has 0 unspecified atom stereocenters. The maximum Gasteiger partial charge on any atom is 0.124 e. The van der Waals surface area contributed by atoms with Crippen molar-refractivity contribution in [2.45, 2.75) is 18.6 Å². The minimum Gasteiger partial charge on any atom is -0.497 e. The van der Waals surface area contributed by atoms with Gasteiger partial charge in [-0.1, -0.05) is 12.1 Å². The minimum atomic E-state index is -0.580. The molecule has 1 saturated heterocycles. The van der Waals surface area contributed by atoms with Crippen molar-refractivity contribution in [3.8, 4) is 17.6 Å². The van der Waals surface area contributed by atoms with E-state index in [9.17, 15) is 5.11 Å². The highest BCUT2D eigenvalue weighted by molar-refractivity contribution is 5.56. The monoisotopic (exact) mass is 381 g/mol. The summed E-state index contributed by atoms with van der Waals surface area (Å²) >= 11 is 0.